The van der Waals surface area contributed by atoms with Gasteiger partial charge in [0, 0.05) is 18.3 Å². The Morgan fingerprint density at radius 3 is 2.78 bits per heavy atom. The summed E-state index contributed by atoms with van der Waals surface area (Å²) in [5.41, 5.74) is 3.39. The van der Waals surface area contributed by atoms with Crippen molar-refractivity contribution in [3.63, 3.8) is 0 Å². The summed E-state index contributed by atoms with van der Waals surface area (Å²) in [4.78, 5) is 14.8. The Bertz CT molecular complexity index is 527. The van der Waals surface area contributed by atoms with Gasteiger partial charge in [0.15, 0.2) is 0 Å². The van der Waals surface area contributed by atoms with E-state index < -0.39 is 0 Å². The van der Waals surface area contributed by atoms with Gasteiger partial charge in [-0.1, -0.05) is 45.9 Å². The molecule has 23 heavy (non-hydrogen) atoms. The predicted molar refractivity (Wildman–Crippen MR) is 97.2 cm³/mol. The number of hydrogen-bond donors (Lipinski definition) is 2. The molecule has 1 aromatic carbocycles. The number of urea groups is 1. The molecule has 1 unspecified atom stereocenters. The average Bonchev–Trinajstić information content (AvgIpc) is 3.00. The van der Waals surface area contributed by atoms with E-state index in [1.54, 1.807) is 0 Å². The third-order valence-corrected chi connectivity index (χ3v) is 4.83. The highest BCUT2D eigenvalue weighted by atomic mass is 16.2. The van der Waals surface area contributed by atoms with Gasteiger partial charge >= 0.3 is 6.03 Å². The van der Waals surface area contributed by atoms with Gasteiger partial charge < -0.3 is 10.6 Å². The molecule has 2 rings (SSSR count). The van der Waals surface area contributed by atoms with Crippen LogP contribution in [0.2, 0.25) is 0 Å². The van der Waals surface area contributed by atoms with E-state index in [9.17, 15) is 4.79 Å². The number of hydrogen-bond acceptors (Lipinski definition) is 2. The molecule has 1 saturated heterocycles. The Kier molecular flexibility index (Phi) is 6.46. The molecule has 0 aromatic heterocycles. The first kappa shape index (κ1) is 17.8. The fraction of sp³-hybridized carbons (Fsp3) is 0.632. The van der Waals surface area contributed by atoms with Crippen LogP contribution in [0, 0.1) is 0 Å². The molecule has 0 spiro atoms. The summed E-state index contributed by atoms with van der Waals surface area (Å²) in [6.45, 7) is 11.6. The number of aryl methyl sites for hydroxylation is 1. The summed E-state index contributed by atoms with van der Waals surface area (Å²) in [5.74, 6) is 0.391. The van der Waals surface area contributed by atoms with Crippen molar-refractivity contribution in [2.24, 2.45) is 0 Å². The number of likely N-dealkylation sites (tertiary alicyclic amines) is 1. The van der Waals surface area contributed by atoms with Crippen LogP contribution in [-0.2, 0) is 6.42 Å². The van der Waals surface area contributed by atoms with E-state index in [1.807, 2.05) is 0 Å². The second-order valence-electron chi connectivity index (χ2n) is 6.65. The monoisotopic (exact) mass is 317 g/mol. The number of para-hydroxylation sites is 1. The molecule has 1 atom stereocenters. The summed E-state index contributed by atoms with van der Waals surface area (Å²) in [5, 5.41) is 6.16. The Hall–Kier alpha value is -1.55. The van der Waals surface area contributed by atoms with E-state index in [1.165, 1.54) is 24.0 Å². The quantitative estimate of drug-likeness (QED) is 0.833. The molecular weight excluding hydrogens is 286 g/mol. The molecule has 1 heterocycles. The van der Waals surface area contributed by atoms with Crippen molar-refractivity contribution in [2.75, 3.05) is 25.0 Å². The maximum atomic E-state index is 12.4. The van der Waals surface area contributed by atoms with Crippen molar-refractivity contribution < 1.29 is 4.79 Å². The third-order valence-electron chi connectivity index (χ3n) is 4.83. The molecule has 0 bridgehead atoms. The predicted octanol–water partition coefficient (Wildman–Crippen LogP) is 3.98. The fourth-order valence-electron chi connectivity index (χ4n) is 3.46. The molecule has 0 aliphatic carbocycles. The molecule has 1 aromatic rings. The molecule has 0 radical (unpaired) electrons. The van der Waals surface area contributed by atoms with Crippen molar-refractivity contribution in [1.82, 2.24) is 10.2 Å². The molecule has 4 heteroatoms. The molecule has 0 saturated carbocycles. The molecule has 2 amide bonds. The zero-order valence-corrected chi connectivity index (χ0v) is 15.0. The van der Waals surface area contributed by atoms with Crippen molar-refractivity contribution in [2.45, 2.75) is 58.9 Å². The number of amides is 2. The summed E-state index contributed by atoms with van der Waals surface area (Å²) in [7, 11) is 0. The first-order valence-corrected chi connectivity index (χ1v) is 8.97. The molecule has 128 valence electrons. The molecular formula is C19H31N3O. The van der Waals surface area contributed by atoms with Gasteiger partial charge in [0.2, 0.25) is 0 Å². The van der Waals surface area contributed by atoms with Crippen LogP contribution in [0.3, 0.4) is 0 Å². The third kappa shape index (κ3) is 4.47. The van der Waals surface area contributed by atoms with Gasteiger partial charge in [0.1, 0.15) is 0 Å². The molecule has 1 aliphatic heterocycles. The Morgan fingerprint density at radius 2 is 2.13 bits per heavy atom. The van der Waals surface area contributed by atoms with Crippen LogP contribution in [0.5, 0.6) is 0 Å². The van der Waals surface area contributed by atoms with Crippen LogP contribution in [0.4, 0.5) is 10.5 Å². The number of carbonyl (C=O) groups excluding carboxylic acids is 1. The summed E-state index contributed by atoms with van der Waals surface area (Å²) < 4.78 is 0. The number of nitrogens with one attached hydrogen (secondary N) is 2. The number of benzene rings is 1. The standard InChI is InChI=1S/C19H31N3O/c1-5-15-9-7-11-17(14(3)4)18(15)21-19(23)20-13-16-10-8-12-22(16)6-2/h7,9,11,14,16H,5-6,8,10,12-13H2,1-4H3,(H2,20,21,23). The van der Waals surface area contributed by atoms with Crippen LogP contribution < -0.4 is 10.6 Å². The van der Waals surface area contributed by atoms with Gasteiger partial charge in [0.05, 0.1) is 0 Å². The Morgan fingerprint density at radius 1 is 1.35 bits per heavy atom. The highest BCUT2D eigenvalue weighted by Gasteiger charge is 2.23. The van der Waals surface area contributed by atoms with Crippen molar-refractivity contribution in [3.8, 4) is 0 Å². The molecule has 4 nitrogen and oxygen atoms in total. The average molecular weight is 317 g/mol. The maximum absolute atomic E-state index is 12.4. The fourth-order valence-corrected chi connectivity index (χ4v) is 3.46. The lowest BCUT2D eigenvalue weighted by atomic mass is 9.96. The SMILES string of the molecule is CCc1cccc(C(C)C)c1NC(=O)NCC1CCCN1CC. The highest BCUT2D eigenvalue weighted by Crippen LogP contribution is 2.28. The molecule has 1 fully saturated rings. The van der Waals surface area contributed by atoms with Gasteiger partial charge in [-0.05, 0) is 49.4 Å². The molecule has 2 N–H and O–H groups in total. The van der Waals surface area contributed by atoms with Crippen LogP contribution >= 0.6 is 0 Å². The lowest BCUT2D eigenvalue weighted by molar-refractivity contribution is 0.238. The van der Waals surface area contributed by atoms with Gasteiger partial charge in [-0.2, -0.15) is 0 Å². The van der Waals surface area contributed by atoms with Crippen molar-refractivity contribution in [3.05, 3.63) is 29.3 Å². The first-order valence-electron chi connectivity index (χ1n) is 8.97. The smallest absolute Gasteiger partial charge is 0.319 e. The zero-order valence-electron chi connectivity index (χ0n) is 15.0. The van der Waals surface area contributed by atoms with Crippen molar-refractivity contribution in [1.29, 1.82) is 0 Å². The lowest BCUT2D eigenvalue weighted by Gasteiger charge is -2.23. The maximum Gasteiger partial charge on any atom is 0.319 e. The van der Waals surface area contributed by atoms with E-state index in [0.717, 1.165) is 31.7 Å². The summed E-state index contributed by atoms with van der Waals surface area (Å²) in [6, 6.07) is 6.68. The van der Waals surface area contributed by atoms with Crippen LogP contribution in [0.25, 0.3) is 0 Å². The van der Waals surface area contributed by atoms with E-state index in [4.69, 9.17) is 0 Å². The van der Waals surface area contributed by atoms with E-state index in [-0.39, 0.29) is 6.03 Å². The van der Waals surface area contributed by atoms with Gasteiger partial charge in [-0.15, -0.1) is 0 Å². The van der Waals surface area contributed by atoms with E-state index in [2.05, 4.69) is 61.4 Å². The topological polar surface area (TPSA) is 44.4 Å². The number of carbonyl (C=O) groups is 1. The normalized spacial score (nSPS) is 18.4. The Labute approximate surface area is 140 Å². The van der Waals surface area contributed by atoms with Gasteiger partial charge in [-0.25, -0.2) is 4.79 Å². The minimum absolute atomic E-state index is 0.0873. The second-order valence-corrected chi connectivity index (χ2v) is 6.65. The minimum Gasteiger partial charge on any atom is -0.336 e. The second kappa shape index (κ2) is 8.34. The van der Waals surface area contributed by atoms with Crippen molar-refractivity contribution >= 4 is 11.7 Å². The summed E-state index contributed by atoms with van der Waals surface area (Å²) >= 11 is 0. The van der Waals surface area contributed by atoms with Crippen LogP contribution in [-0.4, -0.2) is 36.6 Å². The number of nitrogens with zero attached hydrogens (tertiary/aromatic N) is 1. The number of likely N-dealkylation sites (N-methyl/N-ethyl adjacent to an activating group) is 1. The van der Waals surface area contributed by atoms with E-state index in [0.29, 0.717) is 12.0 Å². The zero-order chi connectivity index (χ0) is 16.8. The van der Waals surface area contributed by atoms with Crippen LogP contribution in [0.15, 0.2) is 18.2 Å². The van der Waals surface area contributed by atoms with Gasteiger partial charge in [0.25, 0.3) is 0 Å². The van der Waals surface area contributed by atoms with E-state index >= 15 is 0 Å². The summed E-state index contributed by atoms with van der Waals surface area (Å²) in [6.07, 6.45) is 3.33. The first-order chi connectivity index (χ1) is 11.1. The van der Waals surface area contributed by atoms with Gasteiger partial charge in [-0.3, -0.25) is 4.90 Å². The lowest BCUT2D eigenvalue weighted by Crippen LogP contribution is -2.41. The minimum atomic E-state index is -0.0873. The van der Waals surface area contributed by atoms with Crippen LogP contribution in [0.1, 0.15) is 57.6 Å². The number of rotatable bonds is 6. The molecule has 1 aliphatic rings. The highest BCUT2D eigenvalue weighted by molar-refractivity contribution is 5.91. The Balaban J connectivity index is 2.00. The number of anilines is 1. The largest absolute Gasteiger partial charge is 0.336 e.